The molecule has 0 bridgehead atoms. The molecule has 1 heterocycles. The van der Waals surface area contributed by atoms with Crippen LogP contribution in [0.4, 0.5) is 0 Å². The normalized spacial score (nSPS) is 9.26. The van der Waals surface area contributed by atoms with E-state index in [0.717, 1.165) is 16.6 Å². The van der Waals surface area contributed by atoms with E-state index in [9.17, 15) is 0 Å². The average Bonchev–Trinajstić information content (AvgIpc) is 2.46. The maximum Gasteiger partial charge on any atom is 0.121 e. The van der Waals surface area contributed by atoms with Gasteiger partial charge in [0.2, 0.25) is 0 Å². The van der Waals surface area contributed by atoms with E-state index in [4.69, 9.17) is 0 Å². The van der Waals surface area contributed by atoms with Crippen LogP contribution < -0.4 is 0 Å². The fourth-order valence-corrected chi connectivity index (χ4v) is 1.87. The molecule has 0 fully saturated rings. The summed E-state index contributed by atoms with van der Waals surface area (Å²) < 4.78 is 0. The largest absolute Gasteiger partial charge is 0.247 e. The summed E-state index contributed by atoms with van der Waals surface area (Å²) in [6.45, 7) is 0. The molecule has 0 unspecified atom stereocenters. The molecule has 0 aliphatic carbocycles. The number of benzene rings is 2. The monoisotopic (exact) mass is 265 g/mol. The smallest absolute Gasteiger partial charge is 0.121 e. The van der Waals surface area contributed by atoms with E-state index >= 15 is 0 Å². The molecule has 3 aromatic rings. The van der Waals surface area contributed by atoms with Crippen molar-refractivity contribution in [1.29, 1.82) is 0 Å². The molecule has 0 radical (unpaired) electrons. The molecule has 0 saturated carbocycles. The number of pyridine rings is 1. The first kappa shape index (κ1) is 13.1. The van der Waals surface area contributed by atoms with Gasteiger partial charge in [-0.05, 0) is 29.5 Å². The first-order valence-corrected chi connectivity index (χ1v) is 5.84. The third-order valence-electron chi connectivity index (χ3n) is 2.77. The van der Waals surface area contributed by atoms with Crippen molar-refractivity contribution in [2.75, 3.05) is 0 Å². The van der Waals surface area contributed by atoms with E-state index in [0.29, 0.717) is 0 Å². The van der Waals surface area contributed by atoms with Gasteiger partial charge in [0.1, 0.15) is 5.69 Å². The summed E-state index contributed by atoms with van der Waals surface area (Å²) in [5.74, 6) is 6.28. The standard InChI is InChI=1S/C17H11N.ClH/c1-2-6-14(7-3-1)10-11-17-16-9-5-4-8-15(16)12-13-18-17;/h1-9,12-13H;1H. The van der Waals surface area contributed by atoms with Crippen LogP contribution in [0.2, 0.25) is 0 Å². The maximum absolute atomic E-state index is 4.35. The molecule has 0 spiro atoms. The summed E-state index contributed by atoms with van der Waals surface area (Å²) in [6.07, 6.45) is 1.80. The van der Waals surface area contributed by atoms with Gasteiger partial charge in [-0.3, -0.25) is 0 Å². The van der Waals surface area contributed by atoms with Crippen LogP contribution in [0, 0.1) is 11.8 Å². The molecule has 1 nitrogen and oxygen atoms in total. The van der Waals surface area contributed by atoms with Crippen molar-refractivity contribution in [2.24, 2.45) is 0 Å². The van der Waals surface area contributed by atoms with Crippen LogP contribution in [-0.4, -0.2) is 4.98 Å². The van der Waals surface area contributed by atoms with Gasteiger partial charge in [0, 0.05) is 17.1 Å². The van der Waals surface area contributed by atoms with Crippen molar-refractivity contribution in [3.63, 3.8) is 0 Å². The Morgan fingerprint density at radius 3 is 2.32 bits per heavy atom. The van der Waals surface area contributed by atoms with E-state index in [-0.39, 0.29) is 12.4 Å². The predicted octanol–water partition coefficient (Wildman–Crippen LogP) is 4.06. The van der Waals surface area contributed by atoms with Gasteiger partial charge in [-0.15, -0.1) is 12.4 Å². The predicted molar refractivity (Wildman–Crippen MR) is 81.4 cm³/mol. The van der Waals surface area contributed by atoms with Crippen LogP contribution >= 0.6 is 12.4 Å². The summed E-state index contributed by atoms with van der Waals surface area (Å²) in [5.41, 5.74) is 1.84. The number of halogens is 1. The molecule has 3 rings (SSSR count). The van der Waals surface area contributed by atoms with Crippen LogP contribution in [0.5, 0.6) is 0 Å². The second kappa shape index (κ2) is 6.04. The molecule has 2 aromatic carbocycles. The van der Waals surface area contributed by atoms with Crippen LogP contribution in [0.3, 0.4) is 0 Å². The summed E-state index contributed by atoms with van der Waals surface area (Å²) >= 11 is 0. The zero-order valence-electron chi connectivity index (χ0n) is 10.2. The molecule has 19 heavy (non-hydrogen) atoms. The summed E-state index contributed by atoms with van der Waals surface area (Å²) in [4.78, 5) is 4.35. The second-order valence-electron chi connectivity index (χ2n) is 4.00. The first-order valence-electron chi connectivity index (χ1n) is 5.84. The molecule has 0 aliphatic heterocycles. The summed E-state index contributed by atoms with van der Waals surface area (Å²) in [5, 5.41) is 2.27. The third-order valence-corrected chi connectivity index (χ3v) is 2.77. The minimum Gasteiger partial charge on any atom is -0.247 e. The van der Waals surface area contributed by atoms with E-state index in [1.54, 1.807) is 6.20 Å². The van der Waals surface area contributed by atoms with Crippen molar-refractivity contribution in [1.82, 2.24) is 4.98 Å². The minimum atomic E-state index is 0. The highest BCUT2D eigenvalue weighted by atomic mass is 35.5. The Morgan fingerprint density at radius 2 is 1.47 bits per heavy atom. The number of fused-ring (bicyclic) bond motifs is 1. The second-order valence-corrected chi connectivity index (χ2v) is 4.00. The minimum absolute atomic E-state index is 0. The Labute approximate surface area is 118 Å². The number of nitrogens with zero attached hydrogens (tertiary/aromatic N) is 1. The van der Waals surface area contributed by atoms with Crippen LogP contribution in [0.15, 0.2) is 66.9 Å². The Morgan fingerprint density at radius 1 is 0.737 bits per heavy atom. The van der Waals surface area contributed by atoms with Gasteiger partial charge in [0.05, 0.1) is 0 Å². The lowest BCUT2D eigenvalue weighted by Crippen LogP contribution is -1.84. The summed E-state index contributed by atoms with van der Waals surface area (Å²) in [6, 6.07) is 20.1. The van der Waals surface area contributed by atoms with Crippen molar-refractivity contribution in [3.8, 4) is 11.8 Å². The third kappa shape index (κ3) is 2.93. The van der Waals surface area contributed by atoms with Gasteiger partial charge in [0.25, 0.3) is 0 Å². The lowest BCUT2D eigenvalue weighted by atomic mass is 10.1. The van der Waals surface area contributed by atoms with E-state index < -0.39 is 0 Å². The summed E-state index contributed by atoms with van der Waals surface area (Å²) in [7, 11) is 0. The Hall–Kier alpha value is -2.30. The first-order chi connectivity index (χ1) is 8.93. The fraction of sp³-hybridized carbons (Fsp3) is 0. The Bertz CT molecular complexity index is 734. The SMILES string of the molecule is C(#Cc1nccc2ccccc12)c1ccccc1.Cl. The number of aromatic nitrogens is 1. The zero-order valence-corrected chi connectivity index (χ0v) is 11.0. The molecule has 2 heteroatoms. The Kier molecular flexibility index (Phi) is 4.18. The van der Waals surface area contributed by atoms with Crippen molar-refractivity contribution in [3.05, 3.63) is 78.1 Å². The lowest BCUT2D eigenvalue weighted by molar-refractivity contribution is 1.32. The van der Waals surface area contributed by atoms with Gasteiger partial charge < -0.3 is 0 Å². The van der Waals surface area contributed by atoms with Crippen molar-refractivity contribution >= 4 is 23.2 Å². The van der Waals surface area contributed by atoms with Gasteiger partial charge in [0.15, 0.2) is 0 Å². The number of hydrogen-bond donors (Lipinski definition) is 0. The lowest BCUT2D eigenvalue weighted by Gasteiger charge is -1.98. The molecule has 92 valence electrons. The van der Waals surface area contributed by atoms with Crippen LogP contribution in [0.1, 0.15) is 11.3 Å². The van der Waals surface area contributed by atoms with Crippen LogP contribution in [-0.2, 0) is 0 Å². The highest BCUT2D eigenvalue weighted by Crippen LogP contribution is 2.15. The molecule has 1 aromatic heterocycles. The number of hydrogen-bond acceptors (Lipinski definition) is 1. The Balaban J connectivity index is 0.00000133. The quantitative estimate of drug-likeness (QED) is 0.559. The molecule has 0 saturated heterocycles. The van der Waals surface area contributed by atoms with E-state index in [1.165, 1.54) is 5.39 Å². The van der Waals surface area contributed by atoms with E-state index in [1.807, 2.05) is 48.5 Å². The molecule has 0 N–H and O–H groups in total. The van der Waals surface area contributed by atoms with Crippen LogP contribution in [0.25, 0.3) is 10.8 Å². The molecular formula is C17H12ClN. The van der Waals surface area contributed by atoms with Gasteiger partial charge in [-0.1, -0.05) is 48.4 Å². The topological polar surface area (TPSA) is 12.9 Å². The molecule has 0 atom stereocenters. The maximum atomic E-state index is 4.35. The highest BCUT2D eigenvalue weighted by molar-refractivity contribution is 5.86. The highest BCUT2D eigenvalue weighted by Gasteiger charge is 1.97. The number of rotatable bonds is 0. The van der Waals surface area contributed by atoms with Gasteiger partial charge in [-0.2, -0.15) is 0 Å². The van der Waals surface area contributed by atoms with E-state index in [2.05, 4.69) is 29.0 Å². The zero-order chi connectivity index (χ0) is 12.2. The molecule has 0 amide bonds. The van der Waals surface area contributed by atoms with Gasteiger partial charge >= 0.3 is 0 Å². The molecule has 0 aliphatic rings. The average molecular weight is 266 g/mol. The van der Waals surface area contributed by atoms with Crippen molar-refractivity contribution in [2.45, 2.75) is 0 Å². The molecular weight excluding hydrogens is 254 g/mol. The van der Waals surface area contributed by atoms with Crippen molar-refractivity contribution < 1.29 is 0 Å². The van der Waals surface area contributed by atoms with Gasteiger partial charge in [-0.25, -0.2) is 4.98 Å². The fourth-order valence-electron chi connectivity index (χ4n) is 1.87.